The van der Waals surface area contributed by atoms with Crippen LogP contribution in [0.15, 0.2) is 23.1 Å². The van der Waals surface area contributed by atoms with Crippen LogP contribution in [0.5, 0.6) is 0 Å². The summed E-state index contributed by atoms with van der Waals surface area (Å²) in [7, 11) is -3.33. The molecule has 2 aliphatic rings. The molecule has 0 radical (unpaired) electrons. The van der Waals surface area contributed by atoms with Gasteiger partial charge in [-0.3, -0.25) is 0 Å². The first-order valence-electron chi connectivity index (χ1n) is 7.31. The van der Waals surface area contributed by atoms with Gasteiger partial charge in [0.1, 0.15) is 0 Å². The second-order valence-corrected chi connectivity index (χ2v) is 8.08. The molecule has 0 saturated carbocycles. The zero-order chi connectivity index (χ0) is 14.3. The van der Waals surface area contributed by atoms with Gasteiger partial charge in [-0.2, -0.15) is 4.31 Å². The van der Waals surface area contributed by atoms with Gasteiger partial charge in [0, 0.05) is 26.2 Å². The maximum atomic E-state index is 12.7. The molecule has 3 rings (SSSR count). The summed E-state index contributed by atoms with van der Waals surface area (Å²) in [6.07, 6.45) is 0.951. The van der Waals surface area contributed by atoms with Crippen LogP contribution in [0.4, 0.5) is 0 Å². The second-order valence-electron chi connectivity index (χ2n) is 6.14. The van der Waals surface area contributed by atoms with E-state index in [2.05, 4.69) is 19.2 Å². The van der Waals surface area contributed by atoms with Crippen LogP contribution in [0.2, 0.25) is 0 Å². The Balaban J connectivity index is 1.88. The molecule has 0 bridgehead atoms. The van der Waals surface area contributed by atoms with Crippen molar-refractivity contribution in [3.63, 3.8) is 0 Å². The van der Waals surface area contributed by atoms with Gasteiger partial charge in [0.15, 0.2) is 0 Å². The van der Waals surface area contributed by atoms with Crippen molar-refractivity contribution >= 4 is 10.0 Å². The highest BCUT2D eigenvalue weighted by Crippen LogP contribution is 2.28. The van der Waals surface area contributed by atoms with Crippen molar-refractivity contribution in [3.05, 3.63) is 29.3 Å². The molecule has 20 heavy (non-hydrogen) atoms. The summed E-state index contributed by atoms with van der Waals surface area (Å²) in [5.41, 5.74) is 2.33. The molecular formula is C15H22N2O2S. The Morgan fingerprint density at radius 2 is 1.90 bits per heavy atom. The average Bonchev–Trinajstić information content (AvgIpc) is 2.89. The Bertz CT molecular complexity index is 612. The third-order valence-electron chi connectivity index (χ3n) is 4.74. The largest absolute Gasteiger partial charge is 0.309 e. The van der Waals surface area contributed by atoms with Gasteiger partial charge < -0.3 is 5.32 Å². The zero-order valence-electron chi connectivity index (χ0n) is 12.1. The summed E-state index contributed by atoms with van der Waals surface area (Å²) in [5, 5.41) is 3.25. The van der Waals surface area contributed by atoms with Gasteiger partial charge in [-0.25, -0.2) is 8.42 Å². The summed E-state index contributed by atoms with van der Waals surface area (Å²) in [4.78, 5) is 0.446. The van der Waals surface area contributed by atoms with Crippen molar-refractivity contribution in [2.24, 2.45) is 11.8 Å². The fourth-order valence-corrected chi connectivity index (χ4v) is 4.63. The van der Waals surface area contributed by atoms with Crippen molar-refractivity contribution < 1.29 is 8.42 Å². The lowest BCUT2D eigenvalue weighted by Crippen LogP contribution is -2.42. The number of piperidine rings is 1. The van der Waals surface area contributed by atoms with Crippen LogP contribution in [0, 0.1) is 11.8 Å². The minimum Gasteiger partial charge on any atom is -0.309 e. The molecule has 1 saturated heterocycles. The van der Waals surface area contributed by atoms with E-state index in [9.17, 15) is 8.42 Å². The maximum Gasteiger partial charge on any atom is 0.243 e. The molecule has 1 aromatic carbocycles. The van der Waals surface area contributed by atoms with E-state index in [-0.39, 0.29) is 0 Å². The first-order valence-corrected chi connectivity index (χ1v) is 8.75. The van der Waals surface area contributed by atoms with Crippen molar-refractivity contribution in [2.75, 3.05) is 13.1 Å². The van der Waals surface area contributed by atoms with Gasteiger partial charge in [0.05, 0.1) is 4.90 Å². The molecule has 2 heterocycles. The van der Waals surface area contributed by atoms with Crippen molar-refractivity contribution in [1.82, 2.24) is 9.62 Å². The van der Waals surface area contributed by atoms with Gasteiger partial charge in [-0.15, -0.1) is 0 Å². The minimum absolute atomic E-state index is 0.426. The van der Waals surface area contributed by atoms with E-state index in [1.54, 1.807) is 10.4 Å². The van der Waals surface area contributed by atoms with Crippen molar-refractivity contribution in [3.8, 4) is 0 Å². The van der Waals surface area contributed by atoms with Gasteiger partial charge >= 0.3 is 0 Å². The van der Waals surface area contributed by atoms with Crippen LogP contribution in [-0.4, -0.2) is 25.8 Å². The van der Waals surface area contributed by atoms with E-state index < -0.39 is 10.0 Å². The molecule has 0 amide bonds. The topological polar surface area (TPSA) is 49.4 Å². The predicted octanol–water partition coefficient (Wildman–Crippen LogP) is 1.96. The summed E-state index contributed by atoms with van der Waals surface area (Å²) in [6, 6.07) is 5.54. The molecule has 0 aliphatic carbocycles. The number of sulfonamides is 1. The summed E-state index contributed by atoms with van der Waals surface area (Å²) in [6.45, 7) is 7.23. The molecule has 2 aliphatic heterocycles. The average molecular weight is 294 g/mol. The van der Waals surface area contributed by atoms with Gasteiger partial charge in [0.25, 0.3) is 0 Å². The van der Waals surface area contributed by atoms with E-state index >= 15 is 0 Å². The first-order chi connectivity index (χ1) is 9.48. The Hall–Kier alpha value is -0.910. The Labute approximate surface area is 121 Å². The highest BCUT2D eigenvalue weighted by molar-refractivity contribution is 7.89. The first kappa shape index (κ1) is 14.0. The van der Waals surface area contributed by atoms with Crippen LogP contribution < -0.4 is 5.32 Å². The van der Waals surface area contributed by atoms with Crippen molar-refractivity contribution in [2.45, 2.75) is 38.3 Å². The van der Waals surface area contributed by atoms with Crippen LogP contribution in [0.1, 0.15) is 31.4 Å². The standard InChI is InChI=1S/C15H22N2O2S/c1-11-5-6-17(10-12(11)2)20(18,19)15-4-3-13-8-16-9-14(13)7-15/h3-4,7,11-12,16H,5-6,8-10H2,1-2H3. The third-order valence-corrected chi connectivity index (χ3v) is 6.60. The fourth-order valence-electron chi connectivity index (χ4n) is 3.02. The molecular weight excluding hydrogens is 272 g/mol. The molecule has 1 N–H and O–H groups in total. The van der Waals surface area contributed by atoms with Crippen LogP contribution in [0.25, 0.3) is 0 Å². The highest BCUT2D eigenvalue weighted by atomic mass is 32.2. The molecule has 4 nitrogen and oxygen atoms in total. The lowest BCUT2D eigenvalue weighted by atomic mass is 9.90. The Morgan fingerprint density at radius 3 is 2.65 bits per heavy atom. The van der Waals surface area contributed by atoms with Crippen LogP contribution in [0.3, 0.4) is 0 Å². The van der Waals surface area contributed by atoms with E-state index in [4.69, 9.17) is 0 Å². The monoisotopic (exact) mass is 294 g/mol. The van der Waals surface area contributed by atoms with Crippen LogP contribution in [-0.2, 0) is 23.1 Å². The molecule has 1 fully saturated rings. The smallest absolute Gasteiger partial charge is 0.243 e. The Morgan fingerprint density at radius 1 is 1.15 bits per heavy atom. The van der Waals surface area contributed by atoms with E-state index in [1.165, 1.54) is 5.56 Å². The van der Waals surface area contributed by atoms with E-state index in [0.29, 0.717) is 29.8 Å². The fraction of sp³-hybridized carbons (Fsp3) is 0.600. The number of hydrogen-bond donors (Lipinski definition) is 1. The second kappa shape index (κ2) is 5.13. The normalized spacial score (nSPS) is 27.5. The number of benzene rings is 1. The number of rotatable bonds is 2. The minimum atomic E-state index is -3.33. The van der Waals surface area contributed by atoms with Gasteiger partial charge in [0.2, 0.25) is 10.0 Å². The van der Waals surface area contributed by atoms with Crippen LogP contribution >= 0.6 is 0 Å². The molecule has 5 heteroatoms. The molecule has 2 atom stereocenters. The van der Waals surface area contributed by atoms with Gasteiger partial charge in [-0.1, -0.05) is 19.9 Å². The predicted molar refractivity (Wildman–Crippen MR) is 78.7 cm³/mol. The number of nitrogens with zero attached hydrogens (tertiary/aromatic N) is 1. The maximum absolute atomic E-state index is 12.7. The number of hydrogen-bond acceptors (Lipinski definition) is 3. The lowest BCUT2D eigenvalue weighted by Gasteiger charge is -2.34. The van der Waals surface area contributed by atoms with Gasteiger partial charge in [-0.05, 0) is 41.5 Å². The molecule has 1 aromatic rings. The highest BCUT2D eigenvalue weighted by Gasteiger charge is 2.32. The number of fused-ring (bicyclic) bond motifs is 1. The summed E-state index contributed by atoms with van der Waals surface area (Å²) >= 11 is 0. The molecule has 0 aromatic heterocycles. The van der Waals surface area contributed by atoms with Crippen molar-refractivity contribution in [1.29, 1.82) is 0 Å². The third kappa shape index (κ3) is 2.38. The summed E-state index contributed by atoms with van der Waals surface area (Å²) < 4.78 is 27.1. The summed E-state index contributed by atoms with van der Waals surface area (Å²) in [5.74, 6) is 1.03. The van der Waals surface area contributed by atoms with E-state index in [0.717, 1.165) is 25.1 Å². The van der Waals surface area contributed by atoms with E-state index in [1.807, 2.05) is 12.1 Å². The SMILES string of the molecule is CC1CCN(S(=O)(=O)c2ccc3c(c2)CNC3)CC1C. The lowest BCUT2D eigenvalue weighted by molar-refractivity contribution is 0.212. The number of nitrogens with one attached hydrogen (secondary N) is 1. The quantitative estimate of drug-likeness (QED) is 0.907. The Kier molecular flexibility index (Phi) is 3.60. The molecule has 0 spiro atoms. The zero-order valence-corrected chi connectivity index (χ0v) is 12.9. The molecule has 2 unspecified atom stereocenters. The molecule has 110 valence electrons.